The molecule has 0 unspecified atom stereocenters. The summed E-state index contributed by atoms with van der Waals surface area (Å²) in [5, 5.41) is 25.6. The highest BCUT2D eigenvalue weighted by atomic mass is 19.2. The van der Waals surface area contributed by atoms with Gasteiger partial charge in [0.25, 0.3) is 0 Å². The zero-order chi connectivity index (χ0) is 10.2. The van der Waals surface area contributed by atoms with Crippen LogP contribution in [0, 0.1) is 17.5 Å². The quantitative estimate of drug-likeness (QED) is 0.414. The lowest BCUT2D eigenvalue weighted by Gasteiger charge is -2.04. The maximum atomic E-state index is 12.6. The van der Waals surface area contributed by atoms with Crippen molar-refractivity contribution in [2.24, 2.45) is 0 Å². The molecule has 7 heteroatoms. The minimum absolute atomic E-state index is 0.401. The van der Waals surface area contributed by atoms with Crippen molar-refractivity contribution in [3.05, 3.63) is 23.5 Å². The van der Waals surface area contributed by atoms with Gasteiger partial charge in [0, 0.05) is 5.46 Å². The summed E-state index contributed by atoms with van der Waals surface area (Å²) in [5.41, 5.74) is -0.920. The molecule has 0 amide bonds. The first-order chi connectivity index (χ1) is 5.95. The van der Waals surface area contributed by atoms with E-state index in [2.05, 4.69) is 0 Å². The number of hydrogen-bond acceptors (Lipinski definition) is 3. The molecule has 3 nitrogen and oxygen atoms in total. The Morgan fingerprint density at radius 1 is 1.00 bits per heavy atom. The molecular formula is C6H4BF3O3. The molecule has 0 bridgehead atoms. The van der Waals surface area contributed by atoms with Gasteiger partial charge >= 0.3 is 7.12 Å². The van der Waals surface area contributed by atoms with Crippen LogP contribution in [0.25, 0.3) is 0 Å². The number of aromatic hydroxyl groups is 1. The van der Waals surface area contributed by atoms with Crippen LogP contribution in [0.3, 0.4) is 0 Å². The van der Waals surface area contributed by atoms with Crippen molar-refractivity contribution in [1.82, 2.24) is 0 Å². The fraction of sp³-hybridized carbons (Fsp3) is 0. The van der Waals surface area contributed by atoms with E-state index in [1.165, 1.54) is 0 Å². The molecule has 13 heavy (non-hydrogen) atoms. The van der Waals surface area contributed by atoms with Gasteiger partial charge in [0.15, 0.2) is 17.4 Å². The molecule has 0 radical (unpaired) electrons. The molecule has 0 atom stereocenters. The van der Waals surface area contributed by atoms with Crippen molar-refractivity contribution >= 4 is 12.6 Å². The first kappa shape index (κ1) is 9.88. The van der Waals surface area contributed by atoms with Crippen molar-refractivity contribution in [3.8, 4) is 5.75 Å². The van der Waals surface area contributed by atoms with E-state index in [1.807, 2.05) is 0 Å². The number of phenolic OH excluding ortho intramolecular Hbond substituents is 1. The van der Waals surface area contributed by atoms with Crippen LogP contribution in [0.15, 0.2) is 6.07 Å². The monoisotopic (exact) mass is 192 g/mol. The van der Waals surface area contributed by atoms with Gasteiger partial charge < -0.3 is 15.2 Å². The van der Waals surface area contributed by atoms with Crippen molar-refractivity contribution < 1.29 is 28.3 Å². The van der Waals surface area contributed by atoms with Gasteiger partial charge in [-0.25, -0.2) is 8.78 Å². The molecule has 0 saturated heterocycles. The smallest absolute Gasteiger partial charge is 0.491 e. The Balaban J connectivity index is 3.41. The highest BCUT2D eigenvalue weighted by Gasteiger charge is 2.24. The Morgan fingerprint density at radius 3 is 2.00 bits per heavy atom. The zero-order valence-corrected chi connectivity index (χ0v) is 6.13. The summed E-state index contributed by atoms with van der Waals surface area (Å²) < 4.78 is 37.5. The number of halogens is 3. The first-order valence-corrected chi connectivity index (χ1v) is 3.17. The molecule has 70 valence electrons. The third-order valence-corrected chi connectivity index (χ3v) is 1.43. The highest BCUT2D eigenvalue weighted by Crippen LogP contribution is 2.18. The van der Waals surface area contributed by atoms with Crippen LogP contribution in [-0.2, 0) is 0 Å². The lowest BCUT2D eigenvalue weighted by atomic mass is 9.79. The van der Waals surface area contributed by atoms with Gasteiger partial charge in [-0.2, -0.15) is 4.39 Å². The van der Waals surface area contributed by atoms with E-state index < -0.39 is 35.8 Å². The second-order valence-corrected chi connectivity index (χ2v) is 2.30. The third-order valence-electron chi connectivity index (χ3n) is 1.43. The van der Waals surface area contributed by atoms with Crippen molar-refractivity contribution in [2.75, 3.05) is 0 Å². The molecular weight excluding hydrogens is 188 g/mol. The molecule has 1 aromatic carbocycles. The van der Waals surface area contributed by atoms with E-state index in [1.54, 1.807) is 0 Å². The summed E-state index contributed by atoms with van der Waals surface area (Å²) in [4.78, 5) is 0. The Morgan fingerprint density at radius 2 is 1.54 bits per heavy atom. The van der Waals surface area contributed by atoms with Crippen LogP contribution in [0.5, 0.6) is 5.75 Å². The van der Waals surface area contributed by atoms with Gasteiger partial charge in [0.05, 0.1) is 0 Å². The number of hydrogen-bond donors (Lipinski definition) is 3. The maximum Gasteiger partial charge on any atom is 0.491 e. The van der Waals surface area contributed by atoms with Gasteiger partial charge in [-0.3, -0.25) is 0 Å². The van der Waals surface area contributed by atoms with Gasteiger partial charge in [-0.1, -0.05) is 0 Å². The van der Waals surface area contributed by atoms with E-state index >= 15 is 0 Å². The largest absolute Gasteiger partial charge is 0.505 e. The number of benzene rings is 1. The second kappa shape index (κ2) is 3.27. The van der Waals surface area contributed by atoms with Crippen LogP contribution in [0.4, 0.5) is 13.2 Å². The molecule has 0 spiro atoms. The second-order valence-electron chi connectivity index (χ2n) is 2.30. The van der Waals surface area contributed by atoms with Crippen molar-refractivity contribution in [3.63, 3.8) is 0 Å². The molecule has 0 aliphatic rings. The summed E-state index contributed by atoms with van der Waals surface area (Å²) in [5.74, 6) is -6.61. The van der Waals surface area contributed by atoms with E-state index in [4.69, 9.17) is 15.2 Å². The molecule has 0 aliphatic carbocycles. The van der Waals surface area contributed by atoms with Crippen molar-refractivity contribution in [1.29, 1.82) is 0 Å². The molecule has 0 aromatic heterocycles. The Kier molecular flexibility index (Phi) is 2.49. The predicted octanol–water partition coefficient (Wildman–Crippen LogP) is -0.511. The summed E-state index contributed by atoms with van der Waals surface area (Å²) in [7, 11) is -2.30. The SMILES string of the molecule is OB(O)c1cc(O)c(F)c(F)c1F. The van der Waals surface area contributed by atoms with E-state index in [-0.39, 0.29) is 0 Å². The average molecular weight is 192 g/mol. The van der Waals surface area contributed by atoms with Crippen LogP contribution in [-0.4, -0.2) is 22.3 Å². The third kappa shape index (κ3) is 1.61. The normalized spacial score (nSPS) is 10.2. The molecule has 0 saturated carbocycles. The summed E-state index contributed by atoms with van der Waals surface area (Å²) in [6, 6.07) is 0.401. The van der Waals surface area contributed by atoms with Crippen molar-refractivity contribution in [2.45, 2.75) is 0 Å². The van der Waals surface area contributed by atoms with Crippen LogP contribution < -0.4 is 5.46 Å². The summed E-state index contributed by atoms with van der Waals surface area (Å²) >= 11 is 0. The molecule has 0 fully saturated rings. The Hall–Kier alpha value is -1.21. The summed E-state index contributed by atoms with van der Waals surface area (Å²) in [6.07, 6.45) is 0. The Labute approximate surface area is 71.2 Å². The number of rotatable bonds is 1. The van der Waals surface area contributed by atoms with E-state index in [0.29, 0.717) is 6.07 Å². The first-order valence-electron chi connectivity index (χ1n) is 3.17. The topological polar surface area (TPSA) is 60.7 Å². The minimum atomic E-state index is -2.30. The van der Waals surface area contributed by atoms with E-state index in [0.717, 1.165) is 0 Å². The standard InChI is InChI=1S/C6H4BF3O3/c8-4-2(7(12)13)1-3(11)5(9)6(4)10/h1,11-13H. The molecule has 0 heterocycles. The summed E-state index contributed by atoms with van der Waals surface area (Å²) in [6.45, 7) is 0. The maximum absolute atomic E-state index is 12.6. The van der Waals surface area contributed by atoms with Crippen LogP contribution >= 0.6 is 0 Å². The number of phenols is 1. The zero-order valence-electron chi connectivity index (χ0n) is 6.13. The molecule has 1 aromatic rings. The molecule has 3 N–H and O–H groups in total. The average Bonchev–Trinajstić information content (AvgIpc) is 2.07. The fourth-order valence-corrected chi connectivity index (χ4v) is 0.797. The van der Waals surface area contributed by atoms with Crippen LogP contribution in [0.2, 0.25) is 0 Å². The van der Waals surface area contributed by atoms with Gasteiger partial charge in [-0.15, -0.1) is 0 Å². The van der Waals surface area contributed by atoms with Crippen LogP contribution in [0.1, 0.15) is 0 Å². The van der Waals surface area contributed by atoms with Gasteiger partial charge in [0.2, 0.25) is 5.82 Å². The van der Waals surface area contributed by atoms with Gasteiger partial charge in [0.1, 0.15) is 0 Å². The lowest BCUT2D eigenvalue weighted by molar-refractivity contribution is 0.383. The highest BCUT2D eigenvalue weighted by molar-refractivity contribution is 6.58. The minimum Gasteiger partial charge on any atom is -0.505 e. The Bertz CT molecular complexity index is 342. The molecule has 0 aliphatic heterocycles. The van der Waals surface area contributed by atoms with E-state index in [9.17, 15) is 13.2 Å². The molecule has 1 rings (SSSR count). The fourth-order valence-electron chi connectivity index (χ4n) is 0.797. The lowest BCUT2D eigenvalue weighted by Crippen LogP contribution is -2.33. The predicted molar refractivity (Wildman–Crippen MR) is 37.8 cm³/mol. The van der Waals surface area contributed by atoms with Gasteiger partial charge in [-0.05, 0) is 6.07 Å².